The summed E-state index contributed by atoms with van der Waals surface area (Å²) in [5, 5.41) is 13.4. The number of carboxylic acid groups (broad SMARTS) is 1. The second-order valence-electron chi connectivity index (χ2n) is 8.84. The van der Waals surface area contributed by atoms with E-state index in [0.29, 0.717) is 22.8 Å². The maximum atomic E-state index is 13.4. The first-order chi connectivity index (χ1) is 18.8. The lowest BCUT2D eigenvalue weighted by Crippen LogP contribution is -2.31. The lowest BCUT2D eigenvalue weighted by Gasteiger charge is -2.19. The van der Waals surface area contributed by atoms with Gasteiger partial charge >= 0.3 is 5.97 Å². The minimum Gasteiger partial charge on any atom is -0.477 e. The molecule has 1 amide bonds. The number of carbonyl (C=O) groups excluding carboxylic acids is 1. The van der Waals surface area contributed by atoms with Crippen LogP contribution >= 0.6 is 11.6 Å². The number of aromatic nitrogens is 2. The van der Waals surface area contributed by atoms with Gasteiger partial charge in [-0.2, -0.15) is 0 Å². The average molecular weight is 540 g/mol. The zero-order valence-corrected chi connectivity index (χ0v) is 21.3. The number of benzene rings is 3. The van der Waals surface area contributed by atoms with E-state index in [9.17, 15) is 24.3 Å². The van der Waals surface area contributed by atoms with Gasteiger partial charge in [0.05, 0.1) is 17.6 Å². The molecule has 2 N–H and O–H groups in total. The molecule has 0 aliphatic rings. The molecule has 0 atom stereocenters. The molecule has 5 rings (SSSR count). The van der Waals surface area contributed by atoms with Crippen LogP contribution in [-0.2, 0) is 13.1 Å². The van der Waals surface area contributed by atoms with E-state index in [-0.39, 0.29) is 34.3 Å². The molecule has 5 aromatic rings. The van der Waals surface area contributed by atoms with Gasteiger partial charge < -0.3 is 19.6 Å². The summed E-state index contributed by atoms with van der Waals surface area (Å²) >= 11 is 6.19. The highest BCUT2D eigenvalue weighted by Crippen LogP contribution is 2.25. The molecule has 0 radical (unpaired) electrons. The predicted octanol–water partition coefficient (Wildman–Crippen LogP) is 4.48. The monoisotopic (exact) mass is 539 g/mol. The van der Waals surface area contributed by atoms with Gasteiger partial charge in [-0.1, -0.05) is 60.1 Å². The van der Waals surface area contributed by atoms with Crippen molar-refractivity contribution in [2.24, 2.45) is 0 Å². The van der Waals surface area contributed by atoms with Crippen LogP contribution in [0.25, 0.3) is 16.6 Å². The third-order valence-corrected chi connectivity index (χ3v) is 6.56. The first-order valence-electron chi connectivity index (χ1n) is 12.0. The molecule has 0 saturated carbocycles. The summed E-state index contributed by atoms with van der Waals surface area (Å²) in [6.45, 7) is -0.0124. The molecular formula is C30H22ClN3O5. The Kier molecular flexibility index (Phi) is 7.12. The van der Waals surface area contributed by atoms with Crippen molar-refractivity contribution in [3.05, 3.63) is 145 Å². The van der Waals surface area contributed by atoms with E-state index in [1.807, 2.05) is 30.3 Å². The molecule has 0 spiro atoms. The number of hydrogen-bond donors (Lipinski definition) is 2. The van der Waals surface area contributed by atoms with Crippen LogP contribution in [0.5, 0.6) is 0 Å². The number of nitrogens with one attached hydrogen (secondary N) is 1. The van der Waals surface area contributed by atoms with Gasteiger partial charge in [0, 0.05) is 40.5 Å². The highest BCUT2D eigenvalue weighted by Gasteiger charge is 2.24. The summed E-state index contributed by atoms with van der Waals surface area (Å²) in [6.07, 6.45) is 1.52. The molecule has 0 saturated heterocycles. The van der Waals surface area contributed by atoms with Crippen molar-refractivity contribution in [2.75, 3.05) is 0 Å². The summed E-state index contributed by atoms with van der Waals surface area (Å²) < 4.78 is 2.92. The van der Waals surface area contributed by atoms with E-state index in [0.717, 1.165) is 5.56 Å². The van der Waals surface area contributed by atoms with Crippen molar-refractivity contribution in [2.45, 2.75) is 13.1 Å². The first-order valence-corrected chi connectivity index (χ1v) is 12.4. The van der Waals surface area contributed by atoms with Crippen molar-refractivity contribution < 1.29 is 14.7 Å². The van der Waals surface area contributed by atoms with E-state index >= 15 is 0 Å². The summed E-state index contributed by atoms with van der Waals surface area (Å²) in [5.41, 5.74) is 0.565. The Bertz CT molecular complexity index is 1830. The van der Waals surface area contributed by atoms with Crippen LogP contribution in [0.2, 0.25) is 5.02 Å². The summed E-state index contributed by atoms with van der Waals surface area (Å²) in [7, 11) is 0. The predicted molar refractivity (Wildman–Crippen MR) is 149 cm³/mol. The number of nitrogens with zero attached hydrogens (tertiary/aromatic N) is 2. The second kappa shape index (κ2) is 10.8. The Labute approximate surface area is 227 Å². The minimum atomic E-state index is -1.34. The van der Waals surface area contributed by atoms with Crippen molar-refractivity contribution in [1.82, 2.24) is 14.5 Å². The number of hydrogen-bond acceptors (Lipinski definition) is 4. The van der Waals surface area contributed by atoms with Crippen molar-refractivity contribution in [1.29, 1.82) is 0 Å². The molecule has 8 nitrogen and oxygen atoms in total. The normalized spacial score (nSPS) is 10.9. The van der Waals surface area contributed by atoms with Crippen LogP contribution in [0.3, 0.4) is 0 Å². The van der Waals surface area contributed by atoms with Gasteiger partial charge in [0.25, 0.3) is 11.5 Å². The smallest absolute Gasteiger partial charge is 0.353 e. The SMILES string of the molecule is O=C(NCc1c(C(=O)O)n(-c2ccccc2)c2cc(Cl)ccc2c1=O)c1ccn(Cc2ccccc2)c(=O)c1. The molecule has 0 unspecified atom stereocenters. The van der Waals surface area contributed by atoms with Crippen LogP contribution in [-0.4, -0.2) is 26.1 Å². The van der Waals surface area contributed by atoms with Crippen LogP contribution in [0.4, 0.5) is 0 Å². The second-order valence-corrected chi connectivity index (χ2v) is 9.28. The Hall–Kier alpha value is -4.95. The van der Waals surface area contributed by atoms with E-state index < -0.39 is 17.3 Å². The van der Waals surface area contributed by atoms with E-state index in [1.54, 1.807) is 36.4 Å². The minimum absolute atomic E-state index is 0.0946. The van der Waals surface area contributed by atoms with Crippen LogP contribution in [0.1, 0.15) is 32.0 Å². The number of rotatable bonds is 7. The van der Waals surface area contributed by atoms with Crippen LogP contribution < -0.4 is 16.3 Å². The summed E-state index contributed by atoms with van der Waals surface area (Å²) in [6, 6.07) is 25.5. The van der Waals surface area contributed by atoms with Gasteiger partial charge in [-0.3, -0.25) is 14.4 Å². The molecule has 9 heteroatoms. The fourth-order valence-electron chi connectivity index (χ4n) is 4.47. The Balaban J connectivity index is 1.51. The topological polar surface area (TPSA) is 110 Å². The summed E-state index contributed by atoms with van der Waals surface area (Å²) in [5.74, 6) is -1.96. The largest absolute Gasteiger partial charge is 0.477 e. The van der Waals surface area contributed by atoms with Crippen molar-refractivity contribution in [3.8, 4) is 5.69 Å². The van der Waals surface area contributed by atoms with Gasteiger partial charge in [-0.05, 0) is 42.0 Å². The third-order valence-electron chi connectivity index (χ3n) is 6.33. The van der Waals surface area contributed by atoms with Gasteiger partial charge in [-0.15, -0.1) is 0 Å². The number of amides is 1. The highest BCUT2D eigenvalue weighted by atomic mass is 35.5. The third kappa shape index (κ3) is 5.23. The maximum Gasteiger partial charge on any atom is 0.353 e. The Morgan fingerprint density at radius 2 is 1.56 bits per heavy atom. The number of para-hydroxylation sites is 1. The molecule has 0 fully saturated rings. The average Bonchev–Trinajstić information content (AvgIpc) is 2.94. The van der Waals surface area contributed by atoms with Gasteiger partial charge in [0.1, 0.15) is 5.69 Å². The molecule has 0 aliphatic carbocycles. The highest BCUT2D eigenvalue weighted by molar-refractivity contribution is 6.31. The summed E-state index contributed by atoms with van der Waals surface area (Å²) in [4.78, 5) is 51.5. The molecule has 0 bridgehead atoms. The number of carboxylic acids is 1. The lowest BCUT2D eigenvalue weighted by atomic mass is 10.1. The molecule has 39 heavy (non-hydrogen) atoms. The number of pyridine rings is 2. The molecule has 3 aromatic carbocycles. The Morgan fingerprint density at radius 3 is 2.23 bits per heavy atom. The zero-order valence-electron chi connectivity index (χ0n) is 20.5. The molecule has 0 aliphatic heterocycles. The quantitative estimate of drug-likeness (QED) is 0.317. The standard InChI is InChI=1S/C30H22ClN3O5/c31-21-11-12-23-25(16-21)34(22-9-5-2-6-10-22)27(30(38)39)24(28(23)36)17-32-29(37)20-13-14-33(26(35)15-20)18-19-7-3-1-4-8-19/h1-16H,17-18H2,(H,32,37)(H,38,39). The number of fused-ring (bicyclic) bond motifs is 1. The number of carbonyl (C=O) groups is 2. The maximum absolute atomic E-state index is 13.4. The van der Waals surface area contributed by atoms with Gasteiger partial charge in [0.15, 0.2) is 5.43 Å². The molecule has 194 valence electrons. The van der Waals surface area contributed by atoms with Crippen molar-refractivity contribution in [3.63, 3.8) is 0 Å². The lowest BCUT2D eigenvalue weighted by molar-refractivity contribution is 0.0685. The number of aromatic carboxylic acids is 1. The van der Waals surface area contributed by atoms with Crippen molar-refractivity contribution >= 4 is 34.4 Å². The molecular weight excluding hydrogens is 518 g/mol. The number of halogens is 1. The molecule has 2 aromatic heterocycles. The van der Waals surface area contributed by atoms with Gasteiger partial charge in [0.2, 0.25) is 0 Å². The molecule has 2 heterocycles. The Morgan fingerprint density at radius 1 is 0.872 bits per heavy atom. The van der Waals surface area contributed by atoms with Gasteiger partial charge in [-0.25, -0.2) is 4.79 Å². The first kappa shape index (κ1) is 25.7. The fourth-order valence-corrected chi connectivity index (χ4v) is 4.64. The van der Waals surface area contributed by atoms with Crippen LogP contribution in [0.15, 0.2) is 107 Å². The fraction of sp³-hybridized carbons (Fsp3) is 0.0667. The van der Waals surface area contributed by atoms with E-state index in [2.05, 4.69) is 5.32 Å². The van der Waals surface area contributed by atoms with Crippen LogP contribution in [0, 0.1) is 0 Å². The van der Waals surface area contributed by atoms with E-state index in [4.69, 9.17) is 11.6 Å². The van der Waals surface area contributed by atoms with E-state index in [1.165, 1.54) is 39.6 Å². The zero-order chi connectivity index (χ0) is 27.5.